The number of Topliss-reactive ketones (excluding diaryl/α,β-unsaturated/α-hetero) is 1. The highest BCUT2D eigenvalue weighted by atomic mass is 19.4. The first-order chi connectivity index (χ1) is 13.3. The van der Waals surface area contributed by atoms with Crippen LogP contribution in [0.2, 0.25) is 0 Å². The second-order valence-corrected chi connectivity index (χ2v) is 6.84. The van der Waals surface area contributed by atoms with Gasteiger partial charge in [0.2, 0.25) is 5.91 Å². The van der Waals surface area contributed by atoms with Gasteiger partial charge < -0.3 is 10.6 Å². The predicted octanol–water partition coefficient (Wildman–Crippen LogP) is 4.21. The van der Waals surface area contributed by atoms with Crippen LogP contribution in [0.3, 0.4) is 0 Å². The van der Waals surface area contributed by atoms with Crippen LogP contribution in [0, 0.1) is 0 Å². The second kappa shape index (κ2) is 8.04. The normalized spacial score (nSPS) is 13.8. The molecule has 0 heterocycles. The van der Waals surface area contributed by atoms with Crippen molar-refractivity contribution >= 4 is 28.2 Å². The number of benzene rings is 2. The molecule has 148 valence electrons. The van der Waals surface area contributed by atoms with E-state index in [0.717, 1.165) is 46.9 Å². The number of allylic oxidation sites excluding steroid dienone is 1. The first-order valence-corrected chi connectivity index (χ1v) is 9.08. The van der Waals surface area contributed by atoms with E-state index in [-0.39, 0.29) is 12.3 Å². The van der Waals surface area contributed by atoms with Gasteiger partial charge in [0.05, 0.1) is 6.54 Å². The molecule has 0 aromatic heterocycles. The fourth-order valence-electron chi connectivity index (χ4n) is 3.27. The SMILES string of the molecule is CC(=O)c1ccc(C(NCC(=O)NCC(F)(F)F)=C2CCC2)c2ccccc12. The van der Waals surface area contributed by atoms with Crippen LogP contribution in [0.25, 0.3) is 16.5 Å². The fraction of sp³-hybridized carbons (Fsp3) is 0.333. The summed E-state index contributed by atoms with van der Waals surface area (Å²) in [5, 5.41) is 6.58. The van der Waals surface area contributed by atoms with Crippen LogP contribution < -0.4 is 10.6 Å². The number of ketones is 1. The molecule has 4 nitrogen and oxygen atoms in total. The van der Waals surface area contributed by atoms with Crippen molar-refractivity contribution in [2.45, 2.75) is 32.4 Å². The molecule has 1 fully saturated rings. The predicted molar refractivity (Wildman–Crippen MR) is 102 cm³/mol. The van der Waals surface area contributed by atoms with E-state index in [0.29, 0.717) is 5.56 Å². The molecule has 0 spiro atoms. The molecule has 1 amide bonds. The lowest BCUT2D eigenvalue weighted by molar-refractivity contribution is -0.137. The third-order valence-electron chi connectivity index (χ3n) is 4.80. The summed E-state index contributed by atoms with van der Waals surface area (Å²) in [5.41, 5.74) is 3.35. The number of alkyl halides is 3. The van der Waals surface area contributed by atoms with Gasteiger partial charge in [-0.3, -0.25) is 9.59 Å². The van der Waals surface area contributed by atoms with Gasteiger partial charge in [-0.25, -0.2) is 0 Å². The third kappa shape index (κ3) is 4.52. The van der Waals surface area contributed by atoms with E-state index in [2.05, 4.69) is 5.32 Å². The first-order valence-electron chi connectivity index (χ1n) is 9.08. The summed E-state index contributed by atoms with van der Waals surface area (Å²) in [6, 6.07) is 11.1. The summed E-state index contributed by atoms with van der Waals surface area (Å²) in [5.74, 6) is -0.764. The molecular weight excluding hydrogens is 369 g/mol. The number of fused-ring (bicyclic) bond motifs is 1. The molecule has 0 unspecified atom stereocenters. The number of rotatable bonds is 6. The molecule has 0 aliphatic heterocycles. The van der Waals surface area contributed by atoms with Gasteiger partial charge >= 0.3 is 6.18 Å². The van der Waals surface area contributed by atoms with E-state index in [1.807, 2.05) is 35.6 Å². The van der Waals surface area contributed by atoms with Crippen molar-refractivity contribution in [2.24, 2.45) is 0 Å². The topological polar surface area (TPSA) is 58.2 Å². The van der Waals surface area contributed by atoms with Gasteiger partial charge in [0.15, 0.2) is 5.78 Å². The molecule has 0 bridgehead atoms. The van der Waals surface area contributed by atoms with Gasteiger partial charge in [-0.1, -0.05) is 36.4 Å². The van der Waals surface area contributed by atoms with E-state index in [9.17, 15) is 22.8 Å². The van der Waals surface area contributed by atoms with Gasteiger partial charge in [-0.05, 0) is 42.5 Å². The Bertz CT molecular complexity index is 942. The maximum atomic E-state index is 12.3. The van der Waals surface area contributed by atoms with Crippen LogP contribution in [0.1, 0.15) is 42.1 Å². The summed E-state index contributed by atoms with van der Waals surface area (Å²) < 4.78 is 36.8. The molecule has 7 heteroatoms. The van der Waals surface area contributed by atoms with Crippen molar-refractivity contribution in [3.63, 3.8) is 0 Å². The van der Waals surface area contributed by atoms with Gasteiger partial charge in [-0.15, -0.1) is 0 Å². The van der Waals surface area contributed by atoms with E-state index >= 15 is 0 Å². The van der Waals surface area contributed by atoms with Crippen molar-refractivity contribution in [3.05, 3.63) is 53.1 Å². The lowest BCUT2D eigenvalue weighted by atomic mass is 9.86. The summed E-state index contributed by atoms with van der Waals surface area (Å²) in [6.07, 6.45) is -1.67. The van der Waals surface area contributed by atoms with E-state index < -0.39 is 18.6 Å². The lowest BCUT2D eigenvalue weighted by Crippen LogP contribution is -2.39. The average molecular weight is 390 g/mol. The smallest absolute Gasteiger partial charge is 0.376 e. The largest absolute Gasteiger partial charge is 0.405 e. The molecule has 3 rings (SSSR count). The Morgan fingerprint density at radius 3 is 2.11 bits per heavy atom. The first kappa shape index (κ1) is 19.9. The van der Waals surface area contributed by atoms with Crippen LogP contribution in [-0.4, -0.2) is 31.0 Å². The molecule has 0 radical (unpaired) electrons. The summed E-state index contributed by atoms with van der Waals surface area (Å²) in [7, 11) is 0. The third-order valence-corrected chi connectivity index (χ3v) is 4.80. The molecule has 2 aromatic rings. The van der Waals surface area contributed by atoms with Crippen LogP contribution >= 0.6 is 0 Å². The van der Waals surface area contributed by atoms with Crippen LogP contribution in [0.5, 0.6) is 0 Å². The molecule has 1 aliphatic rings. The van der Waals surface area contributed by atoms with E-state index in [1.54, 1.807) is 6.07 Å². The summed E-state index contributed by atoms with van der Waals surface area (Å²) >= 11 is 0. The molecule has 2 N–H and O–H groups in total. The number of carbonyl (C=O) groups excluding carboxylic acids is 2. The van der Waals surface area contributed by atoms with Crippen molar-refractivity contribution in [1.29, 1.82) is 0 Å². The van der Waals surface area contributed by atoms with Crippen LogP contribution in [0.15, 0.2) is 42.0 Å². The lowest BCUT2D eigenvalue weighted by Gasteiger charge is -2.25. The number of hydrogen-bond acceptors (Lipinski definition) is 3. The highest BCUT2D eigenvalue weighted by Crippen LogP contribution is 2.35. The standard InChI is InChI=1S/C21H21F3N2O2/c1-13(27)15-9-10-18(17-8-3-2-7-16(15)17)20(14-5-4-6-14)25-11-19(28)26-12-21(22,23)24/h2-3,7-10,25H,4-6,11-12H2,1H3,(H,26,28). The fourth-order valence-corrected chi connectivity index (χ4v) is 3.27. The molecule has 1 saturated carbocycles. The molecular formula is C21H21F3N2O2. The van der Waals surface area contributed by atoms with Crippen molar-refractivity contribution in [3.8, 4) is 0 Å². The van der Waals surface area contributed by atoms with Gasteiger partial charge in [0.1, 0.15) is 6.54 Å². The van der Waals surface area contributed by atoms with E-state index in [1.165, 1.54) is 6.92 Å². The Labute approximate surface area is 160 Å². The Hall–Kier alpha value is -2.83. The summed E-state index contributed by atoms with van der Waals surface area (Å²) in [6.45, 7) is -0.0939. The molecule has 28 heavy (non-hydrogen) atoms. The second-order valence-electron chi connectivity index (χ2n) is 6.84. The number of hydrogen-bond donors (Lipinski definition) is 2. The van der Waals surface area contributed by atoms with Crippen molar-refractivity contribution in [1.82, 2.24) is 10.6 Å². The molecule has 2 aromatic carbocycles. The number of carbonyl (C=O) groups is 2. The summed E-state index contributed by atoms with van der Waals surface area (Å²) in [4.78, 5) is 23.8. The Balaban J connectivity index is 1.89. The average Bonchev–Trinajstić information content (AvgIpc) is 2.60. The minimum atomic E-state index is -4.44. The Morgan fingerprint density at radius 1 is 0.964 bits per heavy atom. The zero-order valence-corrected chi connectivity index (χ0v) is 15.5. The zero-order valence-electron chi connectivity index (χ0n) is 15.5. The van der Waals surface area contributed by atoms with Gasteiger partial charge in [-0.2, -0.15) is 13.2 Å². The highest BCUT2D eigenvalue weighted by Gasteiger charge is 2.27. The van der Waals surface area contributed by atoms with Gasteiger partial charge in [0, 0.05) is 16.8 Å². The molecule has 0 atom stereocenters. The minimum Gasteiger partial charge on any atom is -0.376 e. The maximum Gasteiger partial charge on any atom is 0.405 e. The Kier molecular flexibility index (Phi) is 5.72. The van der Waals surface area contributed by atoms with Gasteiger partial charge in [0.25, 0.3) is 0 Å². The monoisotopic (exact) mass is 390 g/mol. The van der Waals surface area contributed by atoms with Crippen molar-refractivity contribution in [2.75, 3.05) is 13.1 Å². The quantitative estimate of drug-likeness (QED) is 0.727. The Morgan fingerprint density at radius 2 is 1.57 bits per heavy atom. The van der Waals surface area contributed by atoms with Crippen LogP contribution in [0.4, 0.5) is 13.2 Å². The van der Waals surface area contributed by atoms with E-state index in [4.69, 9.17) is 0 Å². The van der Waals surface area contributed by atoms with Crippen molar-refractivity contribution < 1.29 is 22.8 Å². The minimum absolute atomic E-state index is 0.0416. The number of amides is 1. The van der Waals surface area contributed by atoms with Crippen LogP contribution in [-0.2, 0) is 4.79 Å². The maximum absolute atomic E-state index is 12.3. The molecule has 1 aliphatic carbocycles. The highest BCUT2D eigenvalue weighted by molar-refractivity contribution is 6.09. The number of nitrogens with one attached hydrogen (secondary N) is 2. The number of halogens is 3. The zero-order chi connectivity index (χ0) is 20.3. The molecule has 0 saturated heterocycles.